The molecule has 1 unspecified atom stereocenters. The summed E-state index contributed by atoms with van der Waals surface area (Å²) in [5.41, 5.74) is 8.09. The van der Waals surface area contributed by atoms with Gasteiger partial charge in [-0.2, -0.15) is 4.31 Å². The average Bonchev–Trinajstić information content (AvgIpc) is 2.62. The molecule has 0 saturated heterocycles. The Morgan fingerprint density at radius 2 is 1.56 bits per heavy atom. The van der Waals surface area contributed by atoms with E-state index < -0.39 is 22.0 Å². The molecule has 0 aliphatic carbocycles. The van der Waals surface area contributed by atoms with Crippen LogP contribution in [0, 0.1) is 0 Å². The van der Waals surface area contributed by atoms with E-state index in [0.717, 1.165) is 15.4 Å². The first-order chi connectivity index (χ1) is 11.9. The summed E-state index contributed by atoms with van der Waals surface area (Å²) in [6.45, 7) is 0.0546. The Labute approximate surface area is 146 Å². The van der Waals surface area contributed by atoms with Gasteiger partial charge in [0.25, 0.3) is 0 Å². The van der Waals surface area contributed by atoms with E-state index in [-0.39, 0.29) is 17.9 Å². The molecule has 25 heavy (non-hydrogen) atoms. The minimum atomic E-state index is -3.88. The van der Waals surface area contributed by atoms with Gasteiger partial charge in [0.1, 0.15) is 6.04 Å². The molecule has 1 aliphatic rings. The summed E-state index contributed by atoms with van der Waals surface area (Å²) in [6, 6.07) is 12.6. The van der Waals surface area contributed by atoms with E-state index >= 15 is 0 Å². The summed E-state index contributed by atoms with van der Waals surface area (Å²) >= 11 is 0. The standard InChI is InChI=1S/C18H18N2O4S/c19-15-8-4-13(5-9-15)14-6-10-16(11-7-14)25(23,24)20-12-2-1-3-17(20)18(21)22/h1-2,4-11,17H,3,12,19H2,(H,21,22). The SMILES string of the molecule is Nc1ccc(-c2ccc(S(=O)(=O)N3CC=CCC3C(=O)O)cc2)cc1. The van der Waals surface area contributed by atoms with Crippen LogP contribution in [0.15, 0.2) is 65.6 Å². The van der Waals surface area contributed by atoms with Crippen molar-refractivity contribution in [2.24, 2.45) is 0 Å². The largest absolute Gasteiger partial charge is 0.480 e. The van der Waals surface area contributed by atoms with Crippen LogP contribution in [0.25, 0.3) is 11.1 Å². The monoisotopic (exact) mass is 358 g/mol. The zero-order valence-electron chi connectivity index (χ0n) is 13.4. The Kier molecular flexibility index (Phi) is 4.61. The number of carbonyl (C=O) groups is 1. The van der Waals surface area contributed by atoms with E-state index in [1.54, 1.807) is 36.4 Å². The molecule has 0 radical (unpaired) electrons. The van der Waals surface area contributed by atoms with E-state index in [9.17, 15) is 18.3 Å². The van der Waals surface area contributed by atoms with Crippen LogP contribution >= 0.6 is 0 Å². The summed E-state index contributed by atoms with van der Waals surface area (Å²) in [7, 11) is -3.88. The van der Waals surface area contributed by atoms with E-state index in [2.05, 4.69) is 0 Å². The van der Waals surface area contributed by atoms with E-state index in [1.165, 1.54) is 12.1 Å². The molecule has 1 aliphatic heterocycles. The molecule has 7 heteroatoms. The van der Waals surface area contributed by atoms with E-state index in [0.29, 0.717) is 5.69 Å². The number of nitrogens with two attached hydrogens (primary N) is 1. The molecular formula is C18H18N2O4S. The van der Waals surface area contributed by atoms with Crippen LogP contribution in [-0.2, 0) is 14.8 Å². The molecule has 6 nitrogen and oxygen atoms in total. The maximum absolute atomic E-state index is 12.8. The molecular weight excluding hydrogens is 340 g/mol. The van der Waals surface area contributed by atoms with Crippen molar-refractivity contribution in [2.75, 3.05) is 12.3 Å². The normalized spacial score (nSPS) is 18.2. The molecule has 130 valence electrons. The van der Waals surface area contributed by atoms with Crippen LogP contribution in [-0.4, -0.2) is 36.4 Å². The summed E-state index contributed by atoms with van der Waals surface area (Å²) in [5, 5.41) is 9.28. The van der Waals surface area contributed by atoms with Crippen LogP contribution in [0.4, 0.5) is 5.69 Å². The van der Waals surface area contributed by atoms with E-state index in [1.807, 2.05) is 12.1 Å². The Balaban J connectivity index is 1.91. The Morgan fingerprint density at radius 3 is 2.12 bits per heavy atom. The number of anilines is 1. The molecule has 2 aromatic rings. The minimum absolute atomic E-state index is 0.0546. The summed E-state index contributed by atoms with van der Waals surface area (Å²) in [5.74, 6) is -1.15. The maximum atomic E-state index is 12.8. The van der Waals surface area contributed by atoms with Crippen molar-refractivity contribution >= 4 is 21.7 Å². The zero-order valence-corrected chi connectivity index (χ0v) is 14.2. The first-order valence-electron chi connectivity index (χ1n) is 7.75. The fourth-order valence-electron chi connectivity index (χ4n) is 2.77. The fraction of sp³-hybridized carbons (Fsp3) is 0.167. The van der Waals surface area contributed by atoms with Crippen molar-refractivity contribution in [2.45, 2.75) is 17.4 Å². The predicted octanol–water partition coefficient (Wildman–Crippen LogP) is 2.34. The number of carboxylic acid groups (broad SMARTS) is 1. The van der Waals surface area contributed by atoms with Gasteiger partial charge in [0.15, 0.2) is 0 Å². The van der Waals surface area contributed by atoms with Gasteiger partial charge in [0.05, 0.1) is 4.90 Å². The number of nitrogen functional groups attached to an aromatic ring is 1. The fourth-order valence-corrected chi connectivity index (χ4v) is 4.31. The van der Waals surface area contributed by atoms with Crippen LogP contribution < -0.4 is 5.73 Å². The molecule has 0 fully saturated rings. The number of nitrogens with zero attached hydrogens (tertiary/aromatic N) is 1. The van der Waals surface area contributed by atoms with E-state index in [4.69, 9.17) is 5.73 Å². The van der Waals surface area contributed by atoms with Crippen LogP contribution in [0.3, 0.4) is 0 Å². The van der Waals surface area contributed by atoms with Crippen molar-refractivity contribution in [1.82, 2.24) is 4.31 Å². The molecule has 3 rings (SSSR count). The molecule has 0 bridgehead atoms. The van der Waals surface area contributed by atoms with Crippen LogP contribution in [0.1, 0.15) is 6.42 Å². The smallest absolute Gasteiger partial charge is 0.322 e. The lowest BCUT2D eigenvalue weighted by Gasteiger charge is -2.29. The molecule has 0 amide bonds. The molecule has 0 saturated carbocycles. The number of hydrogen-bond acceptors (Lipinski definition) is 4. The molecule has 0 aromatic heterocycles. The van der Waals surface area contributed by atoms with Crippen molar-refractivity contribution in [3.05, 3.63) is 60.7 Å². The molecule has 3 N–H and O–H groups in total. The first kappa shape index (κ1) is 17.2. The zero-order chi connectivity index (χ0) is 18.0. The van der Waals surface area contributed by atoms with Gasteiger partial charge in [-0.05, 0) is 41.8 Å². The Morgan fingerprint density at radius 1 is 1.00 bits per heavy atom. The number of rotatable bonds is 4. The third kappa shape index (κ3) is 3.42. The second-order valence-corrected chi connectivity index (χ2v) is 7.67. The van der Waals surface area contributed by atoms with Gasteiger partial charge in [0.2, 0.25) is 10.0 Å². The molecule has 0 spiro atoms. The van der Waals surface area contributed by atoms with Gasteiger partial charge in [0, 0.05) is 12.2 Å². The first-order valence-corrected chi connectivity index (χ1v) is 9.19. The average molecular weight is 358 g/mol. The third-order valence-corrected chi connectivity index (χ3v) is 6.04. The van der Waals surface area contributed by atoms with Gasteiger partial charge in [-0.25, -0.2) is 8.42 Å². The lowest BCUT2D eigenvalue weighted by molar-refractivity contribution is -0.141. The number of benzene rings is 2. The topological polar surface area (TPSA) is 101 Å². The van der Waals surface area contributed by atoms with Gasteiger partial charge in [-0.1, -0.05) is 36.4 Å². The third-order valence-electron chi connectivity index (χ3n) is 4.15. The minimum Gasteiger partial charge on any atom is -0.480 e. The van der Waals surface area contributed by atoms with Crippen molar-refractivity contribution in [3.63, 3.8) is 0 Å². The van der Waals surface area contributed by atoms with Crippen molar-refractivity contribution in [1.29, 1.82) is 0 Å². The number of sulfonamides is 1. The molecule has 2 aromatic carbocycles. The Bertz CT molecular complexity index is 903. The van der Waals surface area contributed by atoms with Crippen molar-refractivity contribution in [3.8, 4) is 11.1 Å². The molecule has 1 heterocycles. The van der Waals surface area contributed by atoms with Gasteiger partial charge in [-0.3, -0.25) is 4.79 Å². The summed E-state index contributed by atoms with van der Waals surface area (Å²) < 4.78 is 26.6. The highest BCUT2D eigenvalue weighted by molar-refractivity contribution is 7.89. The predicted molar refractivity (Wildman–Crippen MR) is 95.4 cm³/mol. The quantitative estimate of drug-likeness (QED) is 0.645. The Hall–Kier alpha value is -2.64. The van der Waals surface area contributed by atoms with Gasteiger partial charge >= 0.3 is 5.97 Å². The van der Waals surface area contributed by atoms with Gasteiger partial charge < -0.3 is 10.8 Å². The second-order valence-electron chi connectivity index (χ2n) is 5.78. The summed E-state index contributed by atoms with van der Waals surface area (Å²) in [6.07, 6.45) is 3.52. The highest BCUT2D eigenvalue weighted by Gasteiger charge is 2.36. The lowest BCUT2D eigenvalue weighted by atomic mass is 10.1. The number of aliphatic carboxylic acids is 1. The highest BCUT2D eigenvalue weighted by atomic mass is 32.2. The summed E-state index contributed by atoms with van der Waals surface area (Å²) in [4.78, 5) is 11.4. The molecule has 1 atom stereocenters. The highest BCUT2D eigenvalue weighted by Crippen LogP contribution is 2.26. The number of carboxylic acids is 1. The lowest BCUT2D eigenvalue weighted by Crippen LogP contribution is -2.46. The maximum Gasteiger partial charge on any atom is 0.322 e. The second kappa shape index (κ2) is 6.70. The van der Waals surface area contributed by atoms with Crippen LogP contribution in [0.2, 0.25) is 0 Å². The van der Waals surface area contributed by atoms with Crippen LogP contribution in [0.5, 0.6) is 0 Å². The van der Waals surface area contributed by atoms with Gasteiger partial charge in [-0.15, -0.1) is 0 Å². The number of hydrogen-bond donors (Lipinski definition) is 2. The van der Waals surface area contributed by atoms with Crippen molar-refractivity contribution < 1.29 is 18.3 Å².